The summed E-state index contributed by atoms with van der Waals surface area (Å²) in [5, 5.41) is 1.12. The van der Waals surface area contributed by atoms with Gasteiger partial charge in [-0.25, -0.2) is 0 Å². The molecule has 0 aliphatic rings. The molecule has 0 unspecified atom stereocenters. The van der Waals surface area contributed by atoms with Crippen molar-refractivity contribution in [1.82, 2.24) is 0 Å². The van der Waals surface area contributed by atoms with Gasteiger partial charge in [0.2, 0.25) is 0 Å². The third kappa shape index (κ3) is 20.9. The van der Waals surface area contributed by atoms with Crippen molar-refractivity contribution >= 4 is 21.7 Å². The van der Waals surface area contributed by atoms with Crippen molar-refractivity contribution in [2.75, 3.05) is 5.33 Å². The molecule has 0 N–H and O–H groups in total. The van der Waals surface area contributed by atoms with E-state index in [1.807, 2.05) is 0 Å². The Balaban J connectivity index is 3.99. The Hall–Kier alpha value is 0.150. The van der Waals surface area contributed by atoms with Gasteiger partial charge in [-0.2, -0.15) is 0 Å². The summed E-state index contributed by atoms with van der Waals surface area (Å²) in [5.41, 5.74) is 0. The Bertz CT molecular complexity index is 300. The van der Waals surface area contributed by atoms with Gasteiger partial charge in [-0.3, -0.25) is 4.79 Å². The number of alkyl halides is 1. The van der Waals surface area contributed by atoms with E-state index in [2.05, 4.69) is 29.8 Å². The quantitative estimate of drug-likeness (QED) is 0.110. The van der Waals surface area contributed by atoms with Crippen molar-refractivity contribution in [3.63, 3.8) is 0 Å². The van der Waals surface area contributed by atoms with Gasteiger partial charge in [0.15, 0.2) is 0 Å². The molecule has 0 atom stereocenters. The summed E-state index contributed by atoms with van der Waals surface area (Å²) in [7, 11) is 0. The Labute approximate surface area is 186 Å². The van der Waals surface area contributed by atoms with E-state index < -0.39 is 0 Å². The van der Waals surface area contributed by atoms with E-state index in [1.54, 1.807) is 0 Å². The monoisotopic (exact) mass is 458 g/mol. The van der Waals surface area contributed by atoms with Crippen molar-refractivity contribution in [2.24, 2.45) is 5.92 Å². The van der Waals surface area contributed by atoms with Crippen LogP contribution in [0.5, 0.6) is 0 Å². The van der Waals surface area contributed by atoms with Crippen LogP contribution >= 0.6 is 15.9 Å². The standard InChI is InChI=1S/C26H51BrO/c1-3-5-7-9-12-16-20-25(21-17-13-10-8-6-4-2)24-26(28)22-18-14-11-15-19-23-27/h25H,3-24H2,1-2H3. The second kappa shape index (κ2) is 23.4. The highest BCUT2D eigenvalue weighted by molar-refractivity contribution is 9.09. The fraction of sp³-hybridized carbons (Fsp3) is 0.962. The molecule has 0 aromatic heterocycles. The summed E-state index contributed by atoms with van der Waals surface area (Å²) >= 11 is 3.49. The summed E-state index contributed by atoms with van der Waals surface area (Å²) < 4.78 is 0. The summed E-state index contributed by atoms with van der Waals surface area (Å²) in [6, 6.07) is 0. The number of ketones is 1. The van der Waals surface area contributed by atoms with Crippen LogP contribution in [-0.2, 0) is 4.79 Å². The molecule has 28 heavy (non-hydrogen) atoms. The Kier molecular flexibility index (Phi) is 23.6. The maximum absolute atomic E-state index is 12.5. The molecule has 0 aliphatic heterocycles. The van der Waals surface area contributed by atoms with Gasteiger partial charge >= 0.3 is 0 Å². The lowest BCUT2D eigenvalue weighted by Gasteiger charge is -2.16. The van der Waals surface area contributed by atoms with Crippen LogP contribution in [0.15, 0.2) is 0 Å². The van der Waals surface area contributed by atoms with E-state index >= 15 is 0 Å². The number of carbonyl (C=O) groups excluding carboxylic acids is 1. The summed E-state index contributed by atoms with van der Waals surface area (Å²) in [4.78, 5) is 12.5. The summed E-state index contributed by atoms with van der Waals surface area (Å²) in [5.74, 6) is 1.21. The molecule has 0 aromatic rings. The molecule has 0 heterocycles. The number of halogens is 1. The van der Waals surface area contributed by atoms with E-state index in [1.165, 1.54) is 116 Å². The van der Waals surface area contributed by atoms with Gasteiger partial charge < -0.3 is 0 Å². The van der Waals surface area contributed by atoms with Gasteiger partial charge in [0.1, 0.15) is 5.78 Å². The number of hydrogen-bond acceptors (Lipinski definition) is 1. The first-order chi connectivity index (χ1) is 13.7. The Morgan fingerprint density at radius 1 is 0.607 bits per heavy atom. The second-order valence-electron chi connectivity index (χ2n) is 8.93. The van der Waals surface area contributed by atoms with Crippen LogP contribution in [-0.4, -0.2) is 11.1 Å². The summed E-state index contributed by atoms with van der Waals surface area (Å²) in [6.45, 7) is 4.56. The molecule has 0 radical (unpaired) electrons. The van der Waals surface area contributed by atoms with E-state index in [0.29, 0.717) is 11.7 Å². The molecule has 1 nitrogen and oxygen atoms in total. The SMILES string of the molecule is CCCCCCCCC(CCCCCCCC)CC(=O)CCCCCCCBr. The number of unbranched alkanes of at least 4 members (excludes halogenated alkanes) is 14. The van der Waals surface area contributed by atoms with Gasteiger partial charge in [0, 0.05) is 18.2 Å². The average Bonchev–Trinajstić information content (AvgIpc) is 2.69. The summed E-state index contributed by atoms with van der Waals surface area (Å²) in [6.07, 6.45) is 26.9. The maximum atomic E-state index is 12.5. The predicted octanol–water partition coefficient (Wildman–Crippen LogP) is 9.80. The first-order valence-corrected chi connectivity index (χ1v) is 13.9. The highest BCUT2D eigenvalue weighted by atomic mass is 79.9. The van der Waals surface area contributed by atoms with Crippen molar-refractivity contribution in [3.8, 4) is 0 Å². The molecule has 0 amide bonds. The van der Waals surface area contributed by atoms with Gasteiger partial charge in [-0.05, 0) is 18.8 Å². The van der Waals surface area contributed by atoms with Crippen molar-refractivity contribution in [3.05, 3.63) is 0 Å². The first kappa shape index (κ1) is 28.1. The zero-order valence-electron chi connectivity index (χ0n) is 19.4. The molecular weight excluding hydrogens is 408 g/mol. The Morgan fingerprint density at radius 2 is 1.04 bits per heavy atom. The van der Waals surface area contributed by atoms with Gasteiger partial charge in [-0.15, -0.1) is 0 Å². The average molecular weight is 460 g/mol. The highest BCUT2D eigenvalue weighted by Crippen LogP contribution is 2.23. The number of rotatable bonds is 23. The minimum absolute atomic E-state index is 0.544. The lowest BCUT2D eigenvalue weighted by Crippen LogP contribution is -2.09. The molecule has 0 rings (SSSR count). The molecule has 2 heteroatoms. The van der Waals surface area contributed by atoms with Gasteiger partial charge in [0.25, 0.3) is 0 Å². The zero-order chi connectivity index (χ0) is 20.7. The third-order valence-electron chi connectivity index (χ3n) is 6.04. The molecule has 0 saturated carbocycles. The van der Waals surface area contributed by atoms with Crippen LogP contribution in [0, 0.1) is 5.92 Å². The van der Waals surface area contributed by atoms with Crippen LogP contribution < -0.4 is 0 Å². The topological polar surface area (TPSA) is 17.1 Å². The van der Waals surface area contributed by atoms with Crippen molar-refractivity contribution in [1.29, 1.82) is 0 Å². The predicted molar refractivity (Wildman–Crippen MR) is 131 cm³/mol. The largest absolute Gasteiger partial charge is 0.300 e. The number of Topliss-reactive ketones (excluding diaryl/α,β-unsaturated/α-hetero) is 1. The second-order valence-corrected chi connectivity index (χ2v) is 9.72. The lowest BCUT2D eigenvalue weighted by atomic mass is 9.89. The zero-order valence-corrected chi connectivity index (χ0v) is 21.0. The normalized spacial score (nSPS) is 11.4. The highest BCUT2D eigenvalue weighted by Gasteiger charge is 2.13. The van der Waals surface area contributed by atoms with E-state index in [-0.39, 0.29) is 0 Å². The van der Waals surface area contributed by atoms with Crippen LogP contribution in [0.4, 0.5) is 0 Å². The van der Waals surface area contributed by atoms with E-state index in [9.17, 15) is 4.79 Å². The molecule has 0 fully saturated rings. The molecule has 0 saturated heterocycles. The fourth-order valence-corrected chi connectivity index (χ4v) is 4.54. The Morgan fingerprint density at radius 3 is 1.54 bits per heavy atom. The minimum Gasteiger partial charge on any atom is -0.300 e. The van der Waals surface area contributed by atoms with Crippen LogP contribution in [0.25, 0.3) is 0 Å². The van der Waals surface area contributed by atoms with Crippen LogP contribution in [0.1, 0.15) is 149 Å². The van der Waals surface area contributed by atoms with Crippen molar-refractivity contribution in [2.45, 2.75) is 149 Å². The smallest absolute Gasteiger partial charge is 0.133 e. The van der Waals surface area contributed by atoms with Crippen LogP contribution in [0.3, 0.4) is 0 Å². The molecular formula is C26H51BrO. The molecule has 0 spiro atoms. The first-order valence-electron chi connectivity index (χ1n) is 12.8. The minimum atomic E-state index is 0.544. The fourth-order valence-electron chi connectivity index (χ4n) is 4.15. The number of hydrogen-bond donors (Lipinski definition) is 0. The van der Waals surface area contributed by atoms with Gasteiger partial charge in [-0.1, -0.05) is 139 Å². The third-order valence-corrected chi connectivity index (χ3v) is 6.60. The van der Waals surface area contributed by atoms with Crippen molar-refractivity contribution < 1.29 is 4.79 Å². The van der Waals surface area contributed by atoms with Crippen LogP contribution in [0.2, 0.25) is 0 Å². The van der Waals surface area contributed by atoms with Gasteiger partial charge in [0.05, 0.1) is 0 Å². The molecule has 0 bridgehead atoms. The molecule has 0 aromatic carbocycles. The maximum Gasteiger partial charge on any atom is 0.133 e. The molecule has 168 valence electrons. The number of carbonyl (C=O) groups is 1. The van der Waals surface area contributed by atoms with E-state index in [0.717, 1.165) is 24.6 Å². The lowest BCUT2D eigenvalue weighted by molar-refractivity contribution is -0.120. The van der Waals surface area contributed by atoms with E-state index in [4.69, 9.17) is 0 Å². The molecule has 0 aliphatic carbocycles.